The molecule has 1 saturated heterocycles. The Morgan fingerprint density at radius 2 is 1.93 bits per heavy atom. The molecule has 0 radical (unpaired) electrons. The van der Waals surface area contributed by atoms with E-state index in [9.17, 15) is 27.9 Å². The molecular weight excluding hydrogens is 605 g/mol. The normalized spacial score (nSPS) is 16.9. The van der Waals surface area contributed by atoms with E-state index in [4.69, 9.17) is 16.3 Å². The molecule has 0 bridgehead atoms. The summed E-state index contributed by atoms with van der Waals surface area (Å²) in [6.45, 7) is 6.11. The van der Waals surface area contributed by atoms with Crippen LogP contribution in [-0.4, -0.2) is 49.6 Å². The molecule has 1 aliphatic heterocycles. The summed E-state index contributed by atoms with van der Waals surface area (Å²) >= 11 is 6.67. The van der Waals surface area contributed by atoms with Crippen LogP contribution in [0, 0.1) is 0 Å². The highest BCUT2D eigenvalue weighted by Gasteiger charge is 2.34. The van der Waals surface area contributed by atoms with E-state index in [0.717, 1.165) is 17.4 Å². The Hall–Kier alpha value is -3.77. The van der Waals surface area contributed by atoms with E-state index in [1.165, 1.54) is 22.8 Å². The van der Waals surface area contributed by atoms with Gasteiger partial charge in [0.05, 0.1) is 17.3 Å². The third kappa shape index (κ3) is 6.75. The Bertz CT molecular complexity index is 1750. The first-order valence-corrected chi connectivity index (χ1v) is 14.9. The largest absolute Gasteiger partial charge is 0.493 e. The summed E-state index contributed by atoms with van der Waals surface area (Å²) in [6, 6.07) is 8.18. The van der Waals surface area contributed by atoms with E-state index in [1.807, 2.05) is 0 Å². The molecular formula is C30H30ClF3N4O4S. The summed E-state index contributed by atoms with van der Waals surface area (Å²) in [5, 5.41) is 19.0. The standard InChI is InChI=1S/C30H30ClF3N4O4S/c1-29(2,3)42-27(40)37-11-4-5-21(10-12-37)38-26(39)25(43-28(38)41)22(17-7-9-24-19(13-17)16-35-36-24)14-18-6-8-20(31)15-23(18)30(32,33)34/h6-9,13-16,21,39H,4-5,10-12H2,1-3H3,(H,35,36). The molecule has 1 aliphatic rings. The minimum atomic E-state index is -4.70. The predicted octanol–water partition coefficient (Wildman–Crippen LogP) is 7.71. The maximum Gasteiger partial charge on any atom is 0.417 e. The fourth-order valence-corrected chi connectivity index (χ4v) is 6.32. The van der Waals surface area contributed by atoms with Crippen LogP contribution in [0.15, 0.2) is 47.4 Å². The zero-order chi connectivity index (χ0) is 31.1. The highest BCUT2D eigenvalue weighted by molar-refractivity contribution is 7.11. The maximum atomic E-state index is 14.0. The minimum Gasteiger partial charge on any atom is -0.493 e. The van der Waals surface area contributed by atoms with E-state index in [1.54, 1.807) is 50.1 Å². The number of hydrogen-bond donors (Lipinski definition) is 2. The fourth-order valence-electron chi connectivity index (χ4n) is 5.17. The van der Waals surface area contributed by atoms with Crippen molar-refractivity contribution in [2.45, 2.75) is 57.9 Å². The van der Waals surface area contributed by atoms with Crippen molar-refractivity contribution in [3.8, 4) is 5.88 Å². The third-order valence-electron chi connectivity index (χ3n) is 7.15. The lowest BCUT2D eigenvalue weighted by molar-refractivity contribution is -0.137. The predicted molar refractivity (Wildman–Crippen MR) is 160 cm³/mol. The smallest absolute Gasteiger partial charge is 0.417 e. The number of aromatic amines is 1. The van der Waals surface area contributed by atoms with Crippen molar-refractivity contribution in [1.82, 2.24) is 19.7 Å². The van der Waals surface area contributed by atoms with Crippen molar-refractivity contribution in [3.05, 3.63) is 78.9 Å². The number of carbonyl (C=O) groups is 1. The van der Waals surface area contributed by atoms with E-state index >= 15 is 0 Å². The number of nitrogens with one attached hydrogen (secondary N) is 1. The molecule has 1 fully saturated rings. The van der Waals surface area contributed by atoms with Crippen molar-refractivity contribution in [2.24, 2.45) is 0 Å². The number of thiazole rings is 1. The number of hydrogen-bond acceptors (Lipinski definition) is 6. The summed E-state index contributed by atoms with van der Waals surface area (Å²) in [5.41, 5.74) is -0.337. The molecule has 2 aromatic carbocycles. The molecule has 2 N–H and O–H groups in total. The van der Waals surface area contributed by atoms with Crippen LogP contribution in [0.3, 0.4) is 0 Å². The molecule has 228 valence electrons. The van der Waals surface area contributed by atoms with E-state index < -0.39 is 34.3 Å². The first-order chi connectivity index (χ1) is 20.2. The van der Waals surface area contributed by atoms with Gasteiger partial charge in [-0.3, -0.25) is 14.5 Å². The average molecular weight is 635 g/mol. The Morgan fingerprint density at radius 1 is 1.16 bits per heavy atom. The Labute approximate surface area is 254 Å². The van der Waals surface area contributed by atoms with Gasteiger partial charge in [0.2, 0.25) is 5.88 Å². The second-order valence-electron chi connectivity index (χ2n) is 11.4. The van der Waals surface area contributed by atoms with Crippen LogP contribution in [0.2, 0.25) is 5.02 Å². The van der Waals surface area contributed by atoms with Gasteiger partial charge in [0, 0.05) is 35.1 Å². The summed E-state index contributed by atoms with van der Waals surface area (Å²) in [5.74, 6) is -0.341. The van der Waals surface area contributed by atoms with Crippen LogP contribution in [0.4, 0.5) is 18.0 Å². The zero-order valence-electron chi connectivity index (χ0n) is 23.7. The van der Waals surface area contributed by atoms with Crippen LogP contribution in [0.5, 0.6) is 5.88 Å². The lowest BCUT2D eigenvalue weighted by Gasteiger charge is -2.26. The Kier molecular flexibility index (Phi) is 8.36. The lowest BCUT2D eigenvalue weighted by atomic mass is 9.97. The monoisotopic (exact) mass is 634 g/mol. The van der Waals surface area contributed by atoms with Crippen LogP contribution < -0.4 is 4.87 Å². The van der Waals surface area contributed by atoms with E-state index in [-0.39, 0.29) is 26.9 Å². The van der Waals surface area contributed by atoms with Crippen LogP contribution >= 0.6 is 22.9 Å². The molecule has 0 aliphatic carbocycles. The van der Waals surface area contributed by atoms with Crippen molar-refractivity contribution in [3.63, 3.8) is 0 Å². The van der Waals surface area contributed by atoms with Crippen molar-refractivity contribution >= 4 is 51.6 Å². The Morgan fingerprint density at radius 3 is 2.65 bits per heavy atom. The van der Waals surface area contributed by atoms with Crippen LogP contribution in [0.1, 0.15) is 67.6 Å². The zero-order valence-corrected chi connectivity index (χ0v) is 25.2. The van der Waals surface area contributed by atoms with Gasteiger partial charge in [-0.05, 0) is 81.5 Å². The summed E-state index contributed by atoms with van der Waals surface area (Å²) < 4.78 is 48.8. The van der Waals surface area contributed by atoms with Gasteiger partial charge in [-0.25, -0.2) is 4.79 Å². The van der Waals surface area contributed by atoms with Gasteiger partial charge >= 0.3 is 17.1 Å². The molecule has 1 amide bonds. The first kappa shape index (κ1) is 30.7. The van der Waals surface area contributed by atoms with Crippen molar-refractivity contribution < 1.29 is 27.8 Å². The second kappa shape index (κ2) is 11.7. The van der Waals surface area contributed by atoms with Gasteiger partial charge in [-0.1, -0.05) is 35.1 Å². The van der Waals surface area contributed by atoms with Crippen molar-refractivity contribution in [1.29, 1.82) is 0 Å². The Balaban J connectivity index is 1.57. The van der Waals surface area contributed by atoms with E-state index in [2.05, 4.69) is 10.2 Å². The number of likely N-dealkylation sites (tertiary alicyclic amines) is 1. The molecule has 1 unspecified atom stereocenters. The first-order valence-electron chi connectivity index (χ1n) is 13.7. The highest BCUT2D eigenvalue weighted by Crippen LogP contribution is 2.41. The van der Waals surface area contributed by atoms with Crippen LogP contribution in [0.25, 0.3) is 22.6 Å². The van der Waals surface area contributed by atoms with Crippen molar-refractivity contribution in [2.75, 3.05) is 13.1 Å². The lowest BCUT2D eigenvalue weighted by Crippen LogP contribution is -2.37. The fraction of sp³-hybridized carbons (Fsp3) is 0.367. The molecule has 1 atom stereocenters. The quantitative estimate of drug-likeness (QED) is 0.224. The number of nitrogens with zero attached hydrogens (tertiary/aromatic N) is 3. The topological polar surface area (TPSA) is 100 Å². The number of benzene rings is 2. The number of aromatic hydroxyl groups is 1. The molecule has 3 heterocycles. The summed E-state index contributed by atoms with van der Waals surface area (Å²) in [4.78, 5) is 27.3. The number of alkyl halides is 3. The number of H-pyrrole nitrogens is 1. The van der Waals surface area contributed by atoms with Gasteiger partial charge in [0.25, 0.3) is 0 Å². The average Bonchev–Trinajstić information content (AvgIpc) is 3.40. The maximum absolute atomic E-state index is 14.0. The summed E-state index contributed by atoms with van der Waals surface area (Å²) in [6.07, 6.45) is -0.781. The molecule has 8 nitrogen and oxygen atoms in total. The molecule has 0 spiro atoms. The van der Waals surface area contributed by atoms with Gasteiger partial charge in [-0.15, -0.1) is 0 Å². The number of rotatable bonds is 4. The van der Waals surface area contributed by atoms with Crippen LogP contribution in [-0.2, 0) is 10.9 Å². The second-order valence-corrected chi connectivity index (χ2v) is 12.8. The molecule has 5 rings (SSSR count). The van der Waals surface area contributed by atoms with E-state index in [0.29, 0.717) is 48.8 Å². The molecule has 13 heteroatoms. The number of aromatic nitrogens is 3. The molecule has 43 heavy (non-hydrogen) atoms. The molecule has 0 saturated carbocycles. The number of ether oxygens (including phenoxy) is 1. The minimum absolute atomic E-state index is 0.0710. The number of fused-ring (bicyclic) bond motifs is 1. The SMILES string of the molecule is CC(C)(C)OC(=O)N1CCCC(n2c(O)c(C(=Cc3ccc(Cl)cc3C(F)(F)F)c3ccc4[nH]ncc4c3)sc2=O)CC1. The number of carbonyl (C=O) groups excluding carboxylic acids is 1. The number of amides is 1. The van der Waals surface area contributed by atoms with Gasteiger partial charge in [0.15, 0.2) is 0 Å². The summed E-state index contributed by atoms with van der Waals surface area (Å²) in [7, 11) is 0. The van der Waals surface area contributed by atoms with Gasteiger partial charge in [-0.2, -0.15) is 18.3 Å². The highest BCUT2D eigenvalue weighted by atomic mass is 35.5. The number of halogens is 4. The molecule has 2 aromatic heterocycles. The third-order valence-corrected chi connectivity index (χ3v) is 8.36. The molecule has 4 aromatic rings. The van der Waals surface area contributed by atoms with Gasteiger partial charge in [0.1, 0.15) is 10.5 Å². The van der Waals surface area contributed by atoms with Gasteiger partial charge < -0.3 is 14.7 Å².